The van der Waals surface area contributed by atoms with Crippen molar-refractivity contribution in [3.63, 3.8) is 0 Å². The van der Waals surface area contributed by atoms with Crippen LogP contribution in [0.1, 0.15) is 37.0 Å². The highest BCUT2D eigenvalue weighted by atomic mass is 35.5. The first-order valence-corrected chi connectivity index (χ1v) is 7.41. The monoisotopic (exact) mass is 280 g/mol. The van der Waals surface area contributed by atoms with E-state index in [1.807, 2.05) is 0 Å². The van der Waals surface area contributed by atoms with Crippen LogP contribution in [0.3, 0.4) is 0 Å². The Morgan fingerprint density at radius 1 is 1.32 bits per heavy atom. The van der Waals surface area contributed by atoms with E-state index in [1.54, 1.807) is 0 Å². The van der Waals surface area contributed by atoms with Gasteiger partial charge in [0, 0.05) is 30.7 Å². The van der Waals surface area contributed by atoms with Crippen LogP contribution in [0.2, 0.25) is 5.02 Å². The Kier molecular flexibility index (Phi) is 4.24. The quantitative estimate of drug-likeness (QED) is 0.898. The van der Waals surface area contributed by atoms with Gasteiger partial charge in [-0.05, 0) is 54.5 Å². The standard InChI is InChI=1S/C16H25ClN2/c1-11-7-13(17)8-12(2)14(11)9-19-6-5-15(18)16(3,4)10-19/h7-8,15H,5-6,9-10,18H2,1-4H3. The molecule has 1 aliphatic heterocycles. The number of rotatable bonds is 2. The Morgan fingerprint density at radius 3 is 2.42 bits per heavy atom. The zero-order valence-corrected chi connectivity index (χ0v) is 13.2. The van der Waals surface area contributed by atoms with Gasteiger partial charge in [-0.15, -0.1) is 0 Å². The molecule has 0 bridgehead atoms. The summed E-state index contributed by atoms with van der Waals surface area (Å²) in [5, 5.41) is 0.833. The second-order valence-electron chi connectivity index (χ2n) is 6.61. The molecule has 0 radical (unpaired) electrons. The molecule has 1 unspecified atom stereocenters. The maximum atomic E-state index is 6.20. The second-order valence-corrected chi connectivity index (χ2v) is 7.05. The summed E-state index contributed by atoms with van der Waals surface area (Å²) in [6.45, 7) is 12.0. The highest BCUT2D eigenvalue weighted by Crippen LogP contribution is 2.30. The fraction of sp³-hybridized carbons (Fsp3) is 0.625. The highest BCUT2D eigenvalue weighted by molar-refractivity contribution is 6.30. The van der Waals surface area contributed by atoms with E-state index in [-0.39, 0.29) is 5.41 Å². The van der Waals surface area contributed by atoms with Crippen LogP contribution in [0.25, 0.3) is 0 Å². The normalized spacial score (nSPS) is 23.6. The smallest absolute Gasteiger partial charge is 0.0411 e. The van der Waals surface area contributed by atoms with Crippen LogP contribution in [0.15, 0.2) is 12.1 Å². The molecule has 2 N–H and O–H groups in total. The van der Waals surface area contributed by atoms with E-state index in [1.165, 1.54) is 16.7 Å². The van der Waals surface area contributed by atoms with Crippen molar-refractivity contribution >= 4 is 11.6 Å². The van der Waals surface area contributed by atoms with Gasteiger partial charge in [0.1, 0.15) is 0 Å². The van der Waals surface area contributed by atoms with Crippen LogP contribution in [0.5, 0.6) is 0 Å². The Morgan fingerprint density at radius 2 is 1.89 bits per heavy atom. The average molecular weight is 281 g/mol. The fourth-order valence-electron chi connectivity index (χ4n) is 3.03. The van der Waals surface area contributed by atoms with Gasteiger partial charge in [-0.3, -0.25) is 4.90 Å². The summed E-state index contributed by atoms with van der Waals surface area (Å²) < 4.78 is 0. The molecule has 19 heavy (non-hydrogen) atoms. The molecule has 106 valence electrons. The zero-order chi connectivity index (χ0) is 14.2. The number of piperidine rings is 1. The van der Waals surface area contributed by atoms with Gasteiger partial charge >= 0.3 is 0 Å². The van der Waals surface area contributed by atoms with Crippen LogP contribution in [0, 0.1) is 19.3 Å². The van der Waals surface area contributed by atoms with E-state index in [0.29, 0.717) is 6.04 Å². The van der Waals surface area contributed by atoms with E-state index in [0.717, 1.165) is 31.1 Å². The summed E-state index contributed by atoms with van der Waals surface area (Å²) in [6, 6.07) is 4.44. The summed E-state index contributed by atoms with van der Waals surface area (Å²) in [6.07, 6.45) is 1.08. The summed E-state index contributed by atoms with van der Waals surface area (Å²) in [4.78, 5) is 2.52. The predicted octanol–water partition coefficient (Wildman–Crippen LogP) is 3.52. The Labute approximate surface area is 121 Å². The molecule has 0 aromatic heterocycles. The summed E-state index contributed by atoms with van der Waals surface area (Å²) in [5.41, 5.74) is 10.4. The van der Waals surface area contributed by atoms with Crippen molar-refractivity contribution in [3.05, 3.63) is 33.8 Å². The Hall–Kier alpha value is -0.570. The number of hydrogen-bond donors (Lipinski definition) is 1. The van der Waals surface area contributed by atoms with Gasteiger partial charge < -0.3 is 5.73 Å². The van der Waals surface area contributed by atoms with Crippen molar-refractivity contribution < 1.29 is 0 Å². The Balaban J connectivity index is 2.14. The van der Waals surface area contributed by atoms with Gasteiger partial charge in [0.05, 0.1) is 0 Å². The first kappa shape index (κ1) is 14.8. The topological polar surface area (TPSA) is 29.3 Å². The molecule has 0 saturated carbocycles. The van der Waals surface area contributed by atoms with E-state index in [9.17, 15) is 0 Å². The van der Waals surface area contributed by atoms with Crippen molar-refractivity contribution in [2.45, 2.75) is 46.7 Å². The number of likely N-dealkylation sites (tertiary alicyclic amines) is 1. The first-order valence-electron chi connectivity index (χ1n) is 7.03. The predicted molar refractivity (Wildman–Crippen MR) is 82.6 cm³/mol. The maximum Gasteiger partial charge on any atom is 0.0411 e. The summed E-state index contributed by atoms with van der Waals surface area (Å²) in [5.74, 6) is 0. The lowest BCUT2D eigenvalue weighted by atomic mass is 9.79. The van der Waals surface area contributed by atoms with Gasteiger partial charge in [-0.25, -0.2) is 0 Å². The molecule has 2 nitrogen and oxygen atoms in total. The lowest BCUT2D eigenvalue weighted by Gasteiger charge is -2.43. The zero-order valence-electron chi connectivity index (χ0n) is 12.5. The highest BCUT2D eigenvalue weighted by Gasteiger charge is 2.33. The lowest BCUT2D eigenvalue weighted by molar-refractivity contribution is 0.0896. The largest absolute Gasteiger partial charge is 0.327 e. The molecule has 0 amide bonds. The number of hydrogen-bond acceptors (Lipinski definition) is 2. The molecular weight excluding hydrogens is 256 g/mol. The molecule has 0 aliphatic carbocycles. The maximum absolute atomic E-state index is 6.20. The molecule has 1 aromatic rings. The molecule has 2 rings (SSSR count). The van der Waals surface area contributed by atoms with E-state index in [4.69, 9.17) is 17.3 Å². The third-order valence-electron chi connectivity index (χ3n) is 4.43. The van der Waals surface area contributed by atoms with Crippen LogP contribution in [0.4, 0.5) is 0 Å². The van der Waals surface area contributed by atoms with Crippen LogP contribution in [-0.2, 0) is 6.54 Å². The molecule has 1 atom stereocenters. The number of aryl methyl sites for hydroxylation is 2. The number of nitrogens with two attached hydrogens (primary N) is 1. The van der Waals surface area contributed by atoms with Gasteiger partial charge in [0.25, 0.3) is 0 Å². The van der Waals surface area contributed by atoms with Crippen molar-refractivity contribution in [1.29, 1.82) is 0 Å². The first-order chi connectivity index (χ1) is 8.79. The SMILES string of the molecule is Cc1cc(Cl)cc(C)c1CN1CCC(N)C(C)(C)C1. The Bertz CT molecular complexity index is 445. The van der Waals surface area contributed by atoms with Crippen molar-refractivity contribution in [1.82, 2.24) is 4.90 Å². The van der Waals surface area contributed by atoms with E-state index in [2.05, 4.69) is 44.7 Å². The van der Waals surface area contributed by atoms with Crippen LogP contribution < -0.4 is 5.73 Å². The summed E-state index contributed by atoms with van der Waals surface area (Å²) >= 11 is 6.10. The van der Waals surface area contributed by atoms with E-state index >= 15 is 0 Å². The third-order valence-corrected chi connectivity index (χ3v) is 4.65. The fourth-order valence-corrected chi connectivity index (χ4v) is 3.36. The van der Waals surface area contributed by atoms with Gasteiger partial charge in [-0.1, -0.05) is 25.4 Å². The third kappa shape index (κ3) is 3.31. The van der Waals surface area contributed by atoms with Crippen molar-refractivity contribution in [2.75, 3.05) is 13.1 Å². The molecule has 1 fully saturated rings. The number of halogens is 1. The average Bonchev–Trinajstić information content (AvgIpc) is 2.28. The molecular formula is C16H25ClN2. The number of benzene rings is 1. The van der Waals surface area contributed by atoms with Gasteiger partial charge in [0.15, 0.2) is 0 Å². The molecule has 1 aromatic carbocycles. The van der Waals surface area contributed by atoms with Crippen molar-refractivity contribution in [3.8, 4) is 0 Å². The number of nitrogens with zero attached hydrogens (tertiary/aromatic N) is 1. The molecule has 1 aliphatic rings. The molecule has 3 heteroatoms. The minimum Gasteiger partial charge on any atom is -0.327 e. The van der Waals surface area contributed by atoms with Crippen molar-refractivity contribution in [2.24, 2.45) is 11.1 Å². The minimum absolute atomic E-state index is 0.201. The lowest BCUT2D eigenvalue weighted by Crippen LogP contribution is -2.52. The van der Waals surface area contributed by atoms with Crippen LogP contribution >= 0.6 is 11.6 Å². The molecule has 1 heterocycles. The van der Waals surface area contributed by atoms with Crippen LogP contribution in [-0.4, -0.2) is 24.0 Å². The summed E-state index contributed by atoms with van der Waals surface area (Å²) in [7, 11) is 0. The van der Waals surface area contributed by atoms with Gasteiger partial charge in [-0.2, -0.15) is 0 Å². The minimum atomic E-state index is 0.201. The van der Waals surface area contributed by atoms with E-state index < -0.39 is 0 Å². The molecule has 1 saturated heterocycles. The second kappa shape index (κ2) is 5.43. The van der Waals surface area contributed by atoms with Gasteiger partial charge in [0.2, 0.25) is 0 Å². The molecule has 0 spiro atoms.